The summed E-state index contributed by atoms with van der Waals surface area (Å²) in [5, 5.41) is 5.25. The first-order valence-corrected chi connectivity index (χ1v) is 22.1. The van der Waals surface area contributed by atoms with Gasteiger partial charge >= 0.3 is 23.9 Å². The first-order valence-electron chi connectivity index (χ1n) is 21.3. The van der Waals surface area contributed by atoms with Gasteiger partial charge in [-0.15, -0.1) is 0 Å². The number of esters is 4. The van der Waals surface area contributed by atoms with Crippen molar-refractivity contribution in [2.45, 2.75) is 60.8 Å². The molecule has 2 atom stereocenters. The Morgan fingerprint density at radius 3 is 1.77 bits per heavy atom. The zero-order chi connectivity index (χ0) is 47.2. The smallest absolute Gasteiger partial charge is 0.339 e. The molecule has 4 fully saturated rings. The average Bonchev–Trinajstić information content (AvgIpc) is 3.30. The predicted molar refractivity (Wildman–Crippen MR) is 242 cm³/mol. The van der Waals surface area contributed by atoms with Gasteiger partial charge in [0.25, 0.3) is 11.8 Å². The van der Waals surface area contributed by atoms with Crippen LogP contribution in [-0.4, -0.2) is 79.7 Å². The summed E-state index contributed by atoms with van der Waals surface area (Å²) in [6, 6.07) is 22.2. The van der Waals surface area contributed by atoms with Crippen LogP contribution in [0.25, 0.3) is 0 Å². The highest BCUT2D eigenvalue weighted by Crippen LogP contribution is 2.63. The molecule has 2 N–H and O–H groups in total. The molecule has 2 amide bonds. The Bertz CT molecular complexity index is 2660. The second-order valence-corrected chi connectivity index (χ2v) is 18.3. The third-order valence-electron chi connectivity index (χ3n) is 12.1. The second kappa shape index (κ2) is 19.9. The van der Waals surface area contributed by atoms with E-state index in [9.17, 15) is 38.4 Å². The first kappa shape index (κ1) is 46.9. The molecule has 4 saturated carbocycles. The van der Waals surface area contributed by atoms with Gasteiger partial charge in [0.05, 0.1) is 40.0 Å². The van der Waals surface area contributed by atoms with Gasteiger partial charge in [-0.2, -0.15) is 0 Å². The molecule has 4 aliphatic carbocycles. The van der Waals surface area contributed by atoms with Crippen molar-refractivity contribution < 1.29 is 57.3 Å². The quantitative estimate of drug-likeness (QED) is 0.0555. The third kappa shape index (κ3) is 10.9. The van der Waals surface area contributed by atoms with E-state index >= 15 is 0 Å². The molecule has 0 aromatic heterocycles. The number of benzene rings is 4. The minimum atomic E-state index is -0.956. The minimum Gasteiger partial charge on any atom is -0.462 e. The van der Waals surface area contributed by atoms with E-state index in [2.05, 4.69) is 23.8 Å². The van der Waals surface area contributed by atoms with Crippen molar-refractivity contribution in [3.8, 4) is 0 Å². The van der Waals surface area contributed by atoms with Gasteiger partial charge in [-0.3, -0.25) is 19.2 Å². The number of ether oxygens (including phenoxy) is 4. The highest BCUT2D eigenvalue weighted by atomic mass is 32.2. The van der Waals surface area contributed by atoms with Gasteiger partial charge in [-0.1, -0.05) is 48.7 Å². The topological polar surface area (TPSA) is 198 Å². The summed E-state index contributed by atoms with van der Waals surface area (Å²) in [7, 11) is 1.39. The van der Waals surface area contributed by atoms with Crippen molar-refractivity contribution in [3.63, 3.8) is 0 Å². The van der Waals surface area contributed by atoms with Crippen LogP contribution in [0.1, 0.15) is 106 Å². The van der Waals surface area contributed by atoms with Gasteiger partial charge in [-0.05, 0) is 136 Å². The van der Waals surface area contributed by atoms with Crippen molar-refractivity contribution in [3.05, 3.63) is 149 Å². The fourth-order valence-corrected chi connectivity index (χ4v) is 10.5. The lowest BCUT2D eigenvalue weighted by Crippen LogP contribution is -2.58. The number of hydrogen-bond acceptors (Lipinski definition) is 13. The minimum absolute atomic E-state index is 0.0379. The summed E-state index contributed by atoms with van der Waals surface area (Å²) >= 11 is 1.10. The molecule has 0 heterocycles. The van der Waals surface area contributed by atoms with Crippen molar-refractivity contribution in [2.24, 2.45) is 17.3 Å². The Balaban J connectivity index is 1.08. The van der Waals surface area contributed by atoms with E-state index < -0.39 is 60.1 Å². The van der Waals surface area contributed by atoms with Gasteiger partial charge in [0, 0.05) is 27.9 Å². The highest BCUT2D eigenvalue weighted by molar-refractivity contribution is 7.99. The van der Waals surface area contributed by atoms with E-state index in [4.69, 9.17) is 18.9 Å². The van der Waals surface area contributed by atoms with Crippen molar-refractivity contribution in [1.29, 1.82) is 0 Å². The van der Waals surface area contributed by atoms with E-state index in [-0.39, 0.29) is 51.5 Å². The molecule has 14 nitrogen and oxygen atoms in total. The molecule has 340 valence electrons. The van der Waals surface area contributed by atoms with Gasteiger partial charge in [-0.25, -0.2) is 19.2 Å². The van der Waals surface area contributed by atoms with Gasteiger partial charge in [0.2, 0.25) is 0 Å². The Kier molecular flexibility index (Phi) is 14.2. The van der Waals surface area contributed by atoms with E-state index in [1.54, 1.807) is 36.4 Å². The first-order chi connectivity index (χ1) is 31.6. The normalized spacial score (nSPS) is 20.0. The van der Waals surface area contributed by atoms with Crippen LogP contribution in [-0.2, 0) is 28.5 Å². The Hall–Kier alpha value is -7.13. The number of anilines is 1. The molecule has 0 radical (unpaired) electrons. The van der Waals surface area contributed by atoms with E-state index in [0.29, 0.717) is 46.5 Å². The highest BCUT2D eigenvalue weighted by Gasteiger charge is 2.60. The number of amides is 2. The molecule has 4 aromatic rings. The fourth-order valence-electron chi connectivity index (χ4n) is 9.63. The molecule has 0 spiro atoms. The molecule has 4 bridgehead atoms. The van der Waals surface area contributed by atoms with E-state index in [0.717, 1.165) is 48.7 Å². The maximum absolute atomic E-state index is 14.1. The lowest BCUT2D eigenvalue weighted by atomic mass is 9.48. The molecule has 15 heteroatoms. The number of nitrogens with one attached hydrogen (secondary N) is 2. The summed E-state index contributed by atoms with van der Waals surface area (Å²) in [5.41, 5.74) is 0.425. The molecule has 0 saturated heterocycles. The van der Waals surface area contributed by atoms with Crippen LogP contribution in [0.15, 0.2) is 120 Å². The lowest BCUT2D eigenvalue weighted by molar-refractivity contribution is -0.177. The van der Waals surface area contributed by atoms with Crippen LogP contribution < -0.4 is 10.6 Å². The standard InChI is InChI=1S/C51H48N2O12S/c1-5-36(54)26-62-48(60)40-15-13-38(20-42(40)44(56)52-4)66-39-14-16-41(49(61)63-27-37(55)6-2)43(21-39)45(57)53-35-12-8-11-34(19-35)47(59)65-51-24-31-18-32(25-51)23-50(22-31,28-51)29-64-46(58)33-10-7-9-30(3)17-33/h5-17,19-21,31-32H,1-2,18,22-29H2,3-4H3,(H,52,56)(H,53,57). The van der Waals surface area contributed by atoms with Crippen LogP contribution in [0, 0.1) is 24.2 Å². The largest absolute Gasteiger partial charge is 0.462 e. The summed E-state index contributed by atoms with van der Waals surface area (Å²) in [4.78, 5) is 105. The number of carbonyl (C=O) groups is 8. The van der Waals surface area contributed by atoms with Crippen molar-refractivity contribution in [1.82, 2.24) is 5.32 Å². The zero-order valence-electron chi connectivity index (χ0n) is 36.5. The van der Waals surface area contributed by atoms with Crippen LogP contribution in [0.2, 0.25) is 0 Å². The molecule has 4 aromatic carbocycles. The van der Waals surface area contributed by atoms with Crippen LogP contribution in [0.3, 0.4) is 0 Å². The maximum Gasteiger partial charge on any atom is 0.339 e. The number of rotatable bonds is 18. The Morgan fingerprint density at radius 1 is 0.652 bits per heavy atom. The number of hydrogen-bond donors (Lipinski definition) is 2. The summed E-state index contributed by atoms with van der Waals surface area (Å²) in [6.45, 7) is 7.74. The van der Waals surface area contributed by atoms with Crippen LogP contribution in [0.4, 0.5) is 5.69 Å². The van der Waals surface area contributed by atoms with Gasteiger partial charge < -0.3 is 29.6 Å². The van der Waals surface area contributed by atoms with E-state index in [1.807, 2.05) is 19.1 Å². The Labute approximate surface area is 385 Å². The number of carbonyl (C=O) groups excluding carboxylic acids is 8. The SMILES string of the molecule is C=CC(=O)COC(=O)c1ccc(Sc2ccc(C(=O)OCC(=O)C=C)c(C(=O)Nc3cccc(C(=O)OC45CC6CC(CC(COC(=O)c7cccc(C)c7)(C6)C4)C5)c3)c2)cc1C(=O)NC. The monoisotopic (exact) mass is 912 g/mol. The summed E-state index contributed by atoms with van der Waals surface area (Å²) in [5.74, 6) is -4.56. The molecule has 4 aliphatic rings. The molecule has 0 aliphatic heterocycles. The zero-order valence-corrected chi connectivity index (χ0v) is 37.3. The third-order valence-corrected chi connectivity index (χ3v) is 13.1. The molecule has 8 rings (SSSR count). The average molecular weight is 913 g/mol. The van der Waals surface area contributed by atoms with Crippen molar-refractivity contribution in [2.75, 3.05) is 32.2 Å². The lowest BCUT2D eigenvalue weighted by Gasteiger charge is -2.60. The van der Waals surface area contributed by atoms with Crippen molar-refractivity contribution >= 4 is 64.7 Å². The second-order valence-electron chi connectivity index (χ2n) is 17.1. The van der Waals surface area contributed by atoms with Crippen LogP contribution >= 0.6 is 11.8 Å². The van der Waals surface area contributed by atoms with Crippen LogP contribution in [0.5, 0.6) is 0 Å². The molecular formula is C51H48N2O12S. The fraction of sp³-hybridized carbons (Fsp3) is 0.294. The molecule has 2 unspecified atom stereocenters. The number of ketones is 2. The maximum atomic E-state index is 14.1. The van der Waals surface area contributed by atoms with E-state index in [1.165, 1.54) is 43.4 Å². The van der Waals surface area contributed by atoms with Gasteiger partial charge in [0.1, 0.15) is 5.60 Å². The van der Waals surface area contributed by atoms with Gasteiger partial charge in [0.15, 0.2) is 24.8 Å². The number of aryl methyl sites for hydroxylation is 1. The predicted octanol–water partition coefficient (Wildman–Crippen LogP) is 7.93. The molecular weight excluding hydrogens is 865 g/mol. The Morgan fingerprint density at radius 2 is 1.21 bits per heavy atom. The summed E-state index contributed by atoms with van der Waals surface area (Å²) in [6.07, 6.45) is 6.84. The molecule has 66 heavy (non-hydrogen) atoms. The summed E-state index contributed by atoms with van der Waals surface area (Å²) < 4.78 is 22.6.